The van der Waals surface area contributed by atoms with E-state index in [1.54, 1.807) is 0 Å². The number of imide groups is 1. The molecule has 0 bridgehead atoms. The number of anilines is 3. The third kappa shape index (κ3) is 11.3. The van der Waals surface area contributed by atoms with Crippen LogP contribution in [0.2, 0.25) is 0 Å². The summed E-state index contributed by atoms with van der Waals surface area (Å²) in [5, 5.41) is 6.82. The smallest absolute Gasteiger partial charge is 0.249 e. The SMILES string of the molecule is CCC(CC)CNc1ncc2c(-c3ccc(CN4CCN(C5CCN(CCOCCCc6ccc(N(C=O)C7CCC(=O)NC7=O)c(N(C)C)c6)CC5)CC4)cc3)c[nH]c2n1. The lowest BCUT2D eigenvalue weighted by Crippen LogP contribution is -2.53. The first-order valence-corrected chi connectivity index (χ1v) is 22.5. The van der Waals surface area contributed by atoms with Crippen molar-refractivity contribution in [1.82, 2.24) is 35.0 Å². The fourth-order valence-electron chi connectivity index (χ4n) is 9.11. The van der Waals surface area contributed by atoms with Gasteiger partial charge in [-0.05, 0) is 79.9 Å². The number of carbonyl (C=O) groups is 3. The molecule has 1 unspecified atom stereocenters. The molecule has 328 valence electrons. The van der Waals surface area contributed by atoms with Gasteiger partial charge in [-0.1, -0.05) is 57.0 Å². The highest BCUT2D eigenvalue weighted by molar-refractivity contribution is 6.04. The third-order valence-electron chi connectivity index (χ3n) is 13.1. The highest BCUT2D eigenvalue weighted by Gasteiger charge is 2.33. The minimum Gasteiger partial charge on any atom is -0.380 e. The standard InChI is InChI=1S/C47H66N10O4/c1-5-34(6-2)29-49-47-50-31-40-39(30-48-45(40)52-47)37-12-9-36(10-13-37)32-55-21-23-56(24-22-55)38-17-19-54(20-18-38)25-27-61-26-7-8-35-11-14-41(43(28-35)53(3)4)57(33-58)42-15-16-44(59)51-46(42)60/h9-14,28,30-31,33-34,38,42H,5-8,15-27,29,32H2,1-4H3,(H,51,59,60)(H2,48,49,50,52). The first-order chi connectivity index (χ1) is 29.7. The monoisotopic (exact) mass is 835 g/mol. The van der Waals surface area contributed by atoms with E-state index in [4.69, 9.17) is 9.72 Å². The molecule has 7 rings (SSSR count). The van der Waals surface area contributed by atoms with Crippen LogP contribution >= 0.6 is 0 Å². The number of aryl methyl sites for hydroxylation is 1. The zero-order chi connectivity index (χ0) is 42.7. The van der Waals surface area contributed by atoms with Crippen LogP contribution in [0.1, 0.15) is 69.9 Å². The second-order valence-electron chi connectivity index (χ2n) is 17.2. The number of amides is 3. The number of likely N-dealkylation sites (tertiary alicyclic amines) is 1. The van der Waals surface area contributed by atoms with Gasteiger partial charge in [-0.3, -0.25) is 29.5 Å². The van der Waals surface area contributed by atoms with Gasteiger partial charge in [0.25, 0.3) is 0 Å². The van der Waals surface area contributed by atoms with Gasteiger partial charge >= 0.3 is 0 Å². The van der Waals surface area contributed by atoms with Crippen molar-refractivity contribution in [2.24, 2.45) is 5.92 Å². The summed E-state index contributed by atoms with van der Waals surface area (Å²) in [4.78, 5) is 60.3. The van der Waals surface area contributed by atoms with E-state index in [2.05, 4.69) is 79.5 Å². The van der Waals surface area contributed by atoms with Gasteiger partial charge in [0.1, 0.15) is 11.7 Å². The number of piperidine rings is 2. The Morgan fingerprint density at radius 2 is 1.67 bits per heavy atom. The molecule has 4 aromatic rings. The molecule has 3 saturated heterocycles. The summed E-state index contributed by atoms with van der Waals surface area (Å²) in [6, 6.07) is 14.9. The molecule has 2 aromatic carbocycles. The van der Waals surface area contributed by atoms with Crippen LogP contribution in [-0.2, 0) is 32.1 Å². The number of fused-ring (bicyclic) bond motifs is 1. The lowest BCUT2D eigenvalue weighted by atomic mass is 10.0. The Hall–Kier alpha value is -4.89. The normalized spacial score (nSPS) is 18.5. The van der Waals surface area contributed by atoms with Gasteiger partial charge in [0.2, 0.25) is 24.2 Å². The maximum atomic E-state index is 12.5. The lowest BCUT2D eigenvalue weighted by Gasteiger charge is -2.42. The number of rotatable bonds is 20. The summed E-state index contributed by atoms with van der Waals surface area (Å²) in [6.07, 6.45) is 11.7. The fraction of sp³-hybridized carbons (Fsp3) is 0.553. The zero-order valence-electron chi connectivity index (χ0n) is 36.7. The van der Waals surface area contributed by atoms with E-state index < -0.39 is 11.9 Å². The van der Waals surface area contributed by atoms with Gasteiger partial charge in [0, 0.05) is 102 Å². The number of H-pyrrole nitrogens is 1. The van der Waals surface area contributed by atoms with Crippen molar-refractivity contribution in [3.63, 3.8) is 0 Å². The van der Waals surface area contributed by atoms with Crippen molar-refractivity contribution < 1.29 is 19.1 Å². The topological polar surface area (TPSA) is 142 Å². The van der Waals surface area contributed by atoms with Crippen molar-refractivity contribution >= 4 is 46.6 Å². The van der Waals surface area contributed by atoms with Crippen LogP contribution in [0.5, 0.6) is 0 Å². The number of hydrogen-bond donors (Lipinski definition) is 3. The van der Waals surface area contributed by atoms with Crippen LogP contribution in [0.4, 0.5) is 17.3 Å². The molecule has 5 heterocycles. The lowest BCUT2D eigenvalue weighted by molar-refractivity contribution is -0.134. The average Bonchev–Trinajstić information content (AvgIpc) is 3.70. The molecule has 0 spiro atoms. The second kappa shape index (κ2) is 21.3. The van der Waals surface area contributed by atoms with Crippen molar-refractivity contribution in [3.8, 4) is 11.1 Å². The molecule has 3 aliphatic heterocycles. The highest BCUT2D eigenvalue weighted by atomic mass is 16.5. The van der Waals surface area contributed by atoms with E-state index in [-0.39, 0.29) is 12.3 Å². The minimum atomic E-state index is -0.701. The summed E-state index contributed by atoms with van der Waals surface area (Å²) in [6.45, 7) is 15.4. The molecule has 2 aromatic heterocycles. The van der Waals surface area contributed by atoms with Crippen LogP contribution in [-0.4, -0.2) is 140 Å². The Labute approximate surface area is 361 Å². The molecule has 3 amide bonds. The molecule has 1 atom stereocenters. The predicted molar refractivity (Wildman–Crippen MR) is 243 cm³/mol. The highest BCUT2D eigenvalue weighted by Crippen LogP contribution is 2.33. The first kappa shape index (κ1) is 44.2. The molecule has 3 N–H and O–H groups in total. The zero-order valence-corrected chi connectivity index (χ0v) is 36.7. The number of hydrogen-bond acceptors (Lipinski definition) is 11. The fourth-order valence-corrected chi connectivity index (χ4v) is 9.11. The summed E-state index contributed by atoms with van der Waals surface area (Å²) in [7, 11) is 3.85. The van der Waals surface area contributed by atoms with Crippen LogP contribution < -0.4 is 20.4 Å². The number of nitrogens with one attached hydrogen (secondary N) is 3. The van der Waals surface area contributed by atoms with Crippen molar-refractivity contribution in [1.29, 1.82) is 0 Å². The number of piperazine rings is 1. The van der Waals surface area contributed by atoms with E-state index in [0.29, 0.717) is 43.0 Å². The van der Waals surface area contributed by atoms with Crippen LogP contribution in [0.25, 0.3) is 22.2 Å². The van der Waals surface area contributed by atoms with Gasteiger partial charge in [0.05, 0.1) is 18.0 Å². The molecule has 0 saturated carbocycles. The van der Waals surface area contributed by atoms with E-state index >= 15 is 0 Å². The van der Waals surface area contributed by atoms with E-state index in [9.17, 15) is 14.4 Å². The summed E-state index contributed by atoms with van der Waals surface area (Å²) in [5.74, 6) is 0.581. The number of aromatic amines is 1. The molecule has 61 heavy (non-hydrogen) atoms. The van der Waals surface area contributed by atoms with Gasteiger partial charge < -0.3 is 29.7 Å². The van der Waals surface area contributed by atoms with E-state index in [1.165, 1.54) is 28.9 Å². The maximum Gasteiger partial charge on any atom is 0.249 e. The van der Waals surface area contributed by atoms with Crippen LogP contribution in [0.3, 0.4) is 0 Å². The molecule has 0 radical (unpaired) electrons. The molecular formula is C47H66N10O4. The van der Waals surface area contributed by atoms with Gasteiger partial charge in [-0.15, -0.1) is 0 Å². The van der Waals surface area contributed by atoms with Gasteiger partial charge in [-0.25, -0.2) is 4.98 Å². The van der Waals surface area contributed by atoms with Crippen LogP contribution in [0.15, 0.2) is 54.9 Å². The third-order valence-corrected chi connectivity index (χ3v) is 13.1. The first-order valence-electron chi connectivity index (χ1n) is 22.5. The molecule has 3 aliphatic rings. The van der Waals surface area contributed by atoms with Crippen molar-refractivity contribution in [2.75, 3.05) is 94.8 Å². The summed E-state index contributed by atoms with van der Waals surface area (Å²) in [5.41, 5.74) is 7.19. The van der Waals surface area contributed by atoms with Gasteiger partial charge in [0.15, 0.2) is 0 Å². The van der Waals surface area contributed by atoms with Crippen LogP contribution in [0, 0.1) is 5.92 Å². The Balaban J connectivity index is 0.776. The molecular weight excluding hydrogens is 769 g/mol. The molecule has 14 heteroatoms. The average molecular weight is 835 g/mol. The van der Waals surface area contributed by atoms with Gasteiger partial charge in [-0.2, -0.15) is 4.98 Å². The molecule has 3 fully saturated rings. The number of carbonyl (C=O) groups excluding carboxylic acids is 3. The quantitative estimate of drug-likeness (QED) is 0.0588. The number of benzene rings is 2. The molecule has 0 aliphatic carbocycles. The van der Waals surface area contributed by atoms with E-state index in [0.717, 1.165) is 119 Å². The predicted octanol–water partition coefficient (Wildman–Crippen LogP) is 5.54. The maximum absolute atomic E-state index is 12.5. The minimum absolute atomic E-state index is 0.217. The second-order valence-corrected chi connectivity index (χ2v) is 17.2. The Bertz CT molecular complexity index is 2050. The van der Waals surface area contributed by atoms with Crippen molar-refractivity contribution in [3.05, 3.63) is 66.0 Å². The number of nitrogens with zero attached hydrogens (tertiary/aromatic N) is 7. The summed E-state index contributed by atoms with van der Waals surface area (Å²) >= 11 is 0. The molecule has 14 nitrogen and oxygen atoms in total. The largest absolute Gasteiger partial charge is 0.380 e. The number of aromatic nitrogens is 3. The number of ether oxygens (including phenoxy) is 1. The Kier molecular flexibility index (Phi) is 15.4. The summed E-state index contributed by atoms with van der Waals surface area (Å²) < 4.78 is 6.08. The Morgan fingerprint density at radius 3 is 2.38 bits per heavy atom. The Morgan fingerprint density at radius 1 is 0.918 bits per heavy atom. The van der Waals surface area contributed by atoms with E-state index in [1.807, 2.05) is 43.5 Å². The van der Waals surface area contributed by atoms with Crippen molar-refractivity contribution in [2.45, 2.75) is 83.8 Å².